The summed E-state index contributed by atoms with van der Waals surface area (Å²) in [7, 11) is 1.71. The van der Waals surface area contributed by atoms with Crippen LogP contribution in [0.25, 0.3) is 5.65 Å². The van der Waals surface area contributed by atoms with Gasteiger partial charge in [-0.1, -0.05) is 0 Å². The maximum absolute atomic E-state index is 12.6. The summed E-state index contributed by atoms with van der Waals surface area (Å²) in [6, 6.07) is 1.71. The fraction of sp³-hybridized carbons (Fsp3) is 0.214. The maximum atomic E-state index is 12.6. The zero-order valence-electron chi connectivity index (χ0n) is 13.3. The molecular formula is C14H16N8O3. The van der Waals surface area contributed by atoms with Crippen LogP contribution in [0.2, 0.25) is 0 Å². The monoisotopic (exact) mass is 344 g/mol. The van der Waals surface area contributed by atoms with Crippen molar-refractivity contribution in [2.45, 2.75) is 6.54 Å². The van der Waals surface area contributed by atoms with Gasteiger partial charge in [0, 0.05) is 19.4 Å². The lowest BCUT2D eigenvalue weighted by atomic mass is 10.3. The van der Waals surface area contributed by atoms with Crippen molar-refractivity contribution in [1.82, 2.24) is 24.4 Å². The zero-order valence-corrected chi connectivity index (χ0v) is 13.3. The molecule has 0 bridgehead atoms. The Balaban J connectivity index is 1.93. The van der Waals surface area contributed by atoms with E-state index in [0.29, 0.717) is 11.5 Å². The average molecular weight is 344 g/mol. The van der Waals surface area contributed by atoms with E-state index in [2.05, 4.69) is 25.8 Å². The van der Waals surface area contributed by atoms with Crippen LogP contribution in [-0.2, 0) is 6.54 Å². The number of fused-ring (bicyclic) bond motifs is 1. The molecule has 3 rings (SSSR count). The molecule has 5 N–H and O–H groups in total. The van der Waals surface area contributed by atoms with Crippen LogP contribution in [0.5, 0.6) is 0 Å². The Kier molecular flexibility index (Phi) is 4.31. The normalized spacial score (nSPS) is 10.8. The molecule has 3 aromatic rings. The van der Waals surface area contributed by atoms with Gasteiger partial charge in [-0.25, -0.2) is 9.50 Å². The van der Waals surface area contributed by atoms with Gasteiger partial charge in [-0.15, -0.1) is 0 Å². The molecule has 130 valence electrons. The van der Waals surface area contributed by atoms with E-state index in [0.717, 1.165) is 0 Å². The summed E-state index contributed by atoms with van der Waals surface area (Å²) in [4.78, 5) is 28.4. The van der Waals surface area contributed by atoms with Crippen LogP contribution in [0.3, 0.4) is 0 Å². The second kappa shape index (κ2) is 6.57. The van der Waals surface area contributed by atoms with E-state index in [4.69, 9.17) is 10.8 Å². The van der Waals surface area contributed by atoms with E-state index in [-0.39, 0.29) is 30.1 Å². The van der Waals surface area contributed by atoms with Crippen molar-refractivity contribution in [2.24, 2.45) is 5.73 Å². The summed E-state index contributed by atoms with van der Waals surface area (Å²) in [5, 5.41) is 22.5. The molecule has 11 heteroatoms. The summed E-state index contributed by atoms with van der Waals surface area (Å²) in [6.45, 7) is -0.00200. The number of amides is 2. The van der Waals surface area contributed by atoms with Crippen molar-refractivity contribution in [3.63, 3.8) is 0 Å². The number of carbonyl (C=O) groups excluding carboxylic acids is 2. The number of hydrogen-bond donors (Lipinski definition) is 4. The molecule has 0 fully saturated rings. The smallest absolute Gasteiger partial charge is 0.271 e. The SMILES string of the molecule is CNc1ccn2ncc(C(=O)Nc3cn(CCO)nc3C(N)=O)c2n1. The lowest BCUT2D eigenvalue weighted by molar-refractivity contribution is 0.0995. The van der Waals surface area contributed by atoms with Crippen LogP contribution in [0.15, 0.2) is 24.7 Å². The number of aliphatic hydroxyl groups is 1. The molecule has 0 saturated carbocycles. The van der Waals surface area contributed by atoms with Crippen LogP contribution < -0.4 is 16.4 Å². The number of primary amides is 1. The van der Waals surface area contributed by atoms with Crippen molar-refractivity contribution < 1.29 is 14.7 Å². The van der Waals surface area contributed by atoms with Crippen molar-refractivity contribution in [3.8, 4) is 0 Å². The topological polar surface area (TPSA) is 152 Å². The molecule has 0 radical (unpaired) electrons. The molecule has 0 spiro atoms. The van der Waals surface area contributed by atoms with Crippen LogP contribution in [0, 0.1) is 0 Å². The Morgan fingerprint density at radius 1 is 1.40 bits per heavy atom. The highest BCUT2D eigenvalue weighted by molar-refractivity contribution is 6.10. The molecule has 0 aliphatic carbocycles. The lowest BCUT2D eigenvalue weighted by Gasteiger charge is -2.03. The first-order valence-electron chi connectivity index (χ1n) is 7.35. The van der Waals surface area contributed by atoms with E-state index in [9.17, 15) is 9.59 Å². The standard InChI is InChI=1S/C14H16N8O3/c1-16-10-2-3-22-13(19-10)8(6-17-22)14(25)18-9-7-21(4-5-23)20-11(9)12(15)24/h2-3,6-7,23H,4-5H2,1H3,(H2,15,24)(H,16,19)(H,18,25). The minimum atomic E-state index is -0.789. The fourth-order valence-corrected chi connectivity index (χ4v) is 2.27. The summed E-state index contributed by atoms with van der Waals surface area (Å²) < 4.78 is 2.78. The van der Waals surface area contributed by atoms with E-state index in [1.54, 1.807) is 19.3 Å². The first kappa shape index (κ1) is 16.4. The summed E-state index contributed by atoms with van der Waals surface area (Å²) in [5.41, 5.74) is 5.91. The van der Waals surface area contributed by atoms with Gasteiger partial charge in [0.1, 0.15) is 11.4 Å². The minimum Gasteiger partial charge on any atom is -0.394 e. The van der Waals surface area contributed by atoms with E-state index < -0.39 is 11.8 Å². The Bertz CT molecular complexity index is 945. The van der Waals surface area contributed by atoms with Crippen LogP contribution in [0.4, 0.5) is 11.5 Å². The average Bonchev–Trinajstić information content (AvgIpc) is 3.18. The lowest BCUT2D eigenvalue weighted by Crippen LogP contribution is -2.18. The molecule has 3 aromatic heterocycles. The van der Waals surface area contributed by atoms with E-state index >= 15 is 0 Å². The highest BCUT2D eigenvalue weighted by Gasteiger charge is 2.20. The maximum Gasteiger partial charge on any atom is 0.271 e. The minimum absolute atomic E-state index is 0.0952. The molecule has 0 saturated heterocycles. The third-order valence-electron chi connectivity index (χ3n) is 3.44. The van der Waals surface area contributed by atoms with Gasteiger partial charge >= 0.3 is 0 Å². The Hall–Kier alpha value is -3.47. The van der Waals surface area contributed by atoms with E-state index in [1.807, 2.05) is 0 Å². The Morgan fingerprint density at radius 3 is 2.88 bits per heavy atom. The molecule has 3 heterocycles. The molecule has 2 amide bonds. The van der Waals surface area contributed by atoms with Gasteiger partial charge in [0.25, 0.3) is 11.8 Å². The van der Waals surface area contributed by atoms with Gasteiger partial charge in [0.15, 0.2) is 11.3 Å². The summed E-state index contributed by atoms with van der Waals surface area (Å²) >= 11 is 0. The van der Waals surface area contributed by atoms with Gasteiger partial charge < -0.3 is 21.5 Å². The number of rotatable bonds is 6. The number of aliphatic hydroxyl groups excluding tert-OH is 1. The number of nitrogens with two attached hydrogens (primary N) is 1. The molecule has 0 aromatic carbocycles. The van der Waals surface area contributed by atoms with E-state index in [1.165, 1.54) is 21.6 Å². The summed E-state index contributed by atoms with van der Waals surface area (Å²) in [5.74, 6) is -0.722. The van der Waals surface area contributed by atoms with Crippen molar-refractivity contribution in [1.29, 1.82) is 0 Å². The molecule has 0 aliphatic rings. The molecule has 0 atom stereocenters. The Labute approximate surface area is 141 Å². The van der Waals surface area contributed by atoms with Crippen LogP contribution in [0.1, 0.15) is 20.8 Å². The van der Waals surface area contributed by atoms with Gasteiger partial charge in [-0.3, -0.25) is 14.3 Å². The molecule has 11 nitrogen and oxygen atoms in total. The van der Waals surface area contributed by atoms with Gasteiger partial charge in [-0.05, 0) is 6.07 Å². The number of hydrogen-bond acceptors (Lipinski definition) is 7. The van der Waals surface area contributed by atoms with Crippen molar-refractivity contribution >= 4 is 29.0 Å². The fourth-order valence-electron chi connectivity index (χ4n) is 2.27. The van der Waals surface area contributed by atoms with Crippen LogP contribution in [-0.4, -0.2) is 55.0 Å². The van der Waals surface area contributed by atoms with Gasteiger partial charge in [0.2, 0.25) is 0 Å². The van der Waals surface area contributed by atoms with Crippen LogP contribution >= 0.6 is 0 Å². The first-order valence-corrected chi connectivity index (χ1v) is 7.35. The third-order valence-corrected chi connectivity index (χ3v) is 3.44. The predicted molar refractivity (Wildman–Crippen MR) is 88.3 cm³/mol. The van der Waals surface area contributed by atoms with Crippen molar-refractivity contribution in [2.75, 3.05) is 24.3 Å². The van der Waals surface area contributed by atoms with Gasteiger partial charge in [0.05, 0.1) is 25.0 Å². The van der Waals surface area contributed by atoms with Gasteiger partial charge in [-0.2, -0.15) is 10.2 Å². The number of aromatic nitrogens is 5. The molecular weight excluding hydrogens is 328 g/mol. The third kappa shape index (κ3) is 3.12. The highest BCUT2D eigenvalue weighted by Crippen LogP contribution is 2.17. The number of anilines is 2. The Morgan fingerprint density at radius 2 is 2.20 bits per heavy atom. The van der Waals surface area contributed by atoms with Crippen molar-refractivity contribution in [3.05, 3.63) is 35.9 Å². The summed E-state index contributed by atoms with van der Waals surface area (Å²) in [6.07, 6.45) is 4.46. The first-order chi connectivity index (χ1) is 12.0. The molecule has 0 unspecified atom stereocenters. The number of carbonyl (C=O) groups is 2. The highest BCUT2D eigenvalue weighted by atomic mass is 16.3. The number of nitrogens with zero attached hydrogens (tertiary/aromatic N) is 5. The largest absolute Gasteiger partial charge is 0.394 e. The number of nitrogens with one attached hydrogen (secondary N) is 2. The molecule has 0 aliphatic heterocycles. The quantitative estimate of drug-likeness (QED) is 0.462. The molecule has 25 heavy (non-hydrogen) atoms. The predicted octanol–water partition coefficient (Wildman–Crippen LogP) is -0.689. The zero-order chi connectivity index (χ0) is 18.0. The second-order valence-electron chi connectivity index (χ2n) is 5.09. The second-order valence-corrected chi connectivity index (χ2v) is 5.09.